The summed E-state index contributed by atoms with van der Waals surface area (Å²) in [5.41, 5.74) is 0. The molecule has 0 heterocycles. The van der Waals surface area contributed by atoms with Crippen LogP contribution in [0.2, 0.25) is 0 Å². The molecule has 0 aliphatic heterocycles. The van der Waals surface area contributed by atoms with Crippen molar-refractivity contribution in [2.45, 2.75) is 323 Å². The van der Waals surface area contributed by atoms with E-state index in [2.05, 4.69) is 34.6 Å². The first-order valence-electron chi connectivity index (χ1n) is 28.2. The molecule has 374 valence electrons. The zero-order valence-corrected chi connectivity index (χ0v) is 43.2. The Hall–Kier alpha value is -1.59. The van der Waals surface area contributed by atoms with Crippen LogP contribution >= 0.6 is 0 Å². The first kappa shape index (κ1) is 61.4. The molecular weight excluding hydrogens is 781 g/mol. The third kappa shape index (κ3) is 51.3. The second kappa shape index (κ2) is 49.8. The van der Waals surface area contributed by atoms with E-state index in [1.807, 2.05) is 0 Å². The van der Waals surface area contributed by atoms with E-state index in [-0.39, 0.29) is 31.1 Å². The lowest BCUT2D eigenvalue weighted by Gasteiger charge is -2.18. The average Bonchev–Trinajstić information content (AvgIpc) is 3.25. The monoisotopic (exact) mass is 891 g/mol. The highest BCUT2D eigenvalue weighted by Gasteiger charge is 2.19. The van der Waals surface area contributed by atoms with Crippen LogP contribution in [0.5, 0.6) is 0 Å². The fourth-order valence-corrected chi connectivity index (χ4v) is 8.70. The van der Waals surface area contributed by atoms with E-state index < -0.39 is 6.10 Å². The minimum atomic E-state index is -0.762. The molecule has 0 N–H and O–H groups in total. The van der Waals surface area contributed by atoms with E-state index in [1.54, 1.807) is 0 Å². The molecule has 0 aliphatic rings. The van der Waals surface area contributed by atoms with Crippen LogP contribution in [0.1, 0.15) is 317 Å². The first-order valence-corrected chi connectivity index (χ1v) is 28.2. The molecule has 0 unspecified atom stereocenters. The highest BCUT2D eigenvalue weighted by molar-refractivity contribution is 5.71. The third-order valence-corrected chi connectivity index (χ3v) is 13.0. The Morgan fingerprint density at radius 1 is 0.302 bits per heavy atom. The van der Waals surface area contributed by atoms with Gasteiger partial charge in [-0.25, -0.2) is 0 Å². The summed E-state index contributed by atoms with van der Waals surface area (Å²) in [6, 6.07) is 0. The van der Waals surface area contributed by atoms with E-state index in [0.29, 0.717) is 19.3 Å². The summed E-state index contributed by atoms with van der Waals surface area (Å²) in [7, 11) is 0. The van der Waals surface area contributed by atoms with Gasteiger partial charge in [-0.2, -0.15) is 0 Å². The zero-order valence-electron chi connectivity index (χ0n) is 43.2. The smallest absolute Gasteiger partial charge is 0.306 e. The molecule has 0 aliphatic carbocycles. The zero-order chi connectivity index (χ0) is 46.1. The summed E-state index contributed by atoms with van der Waals surface area (Å²) in [6.07, 6.45) is 52.5. The van der Waals surface area contributed by atoms with Crippen molar-refractivity contribution in [2.75, 3.05) is 13.2 Å². The van der Waals surface area contributed by atoms with Crippen LogP contribution in [0.25, 0.3) is 0 Å². The minimum Gasteiger partial charge on any atom is -0.462 e. The second-order valence-electron chi connectivity index (χ2n) is 20.5. The van der Waals surface area contributed by atoms with Crippen LogP contribution < -0.4 is 0 Å². The van der Waals surface area contributed by atoms with Gasteiger partial charge in [-0.1, -0.05) is 279 Å². The van der Waals surface area contributed by atoms with E-state index in [1.165, 1.54) is 205 Å². The number of rotatable bonds is 51. The molecule has 0 amide bonds. The molecule has 0 aromatic rings. The Balaban J connectivity index is 4.20. The maximum Gasteiger partial charge on any atom is 0.306 e. The Morgan fingerprint density at radius 3 is 0.778 bits per heavy atom. The van der Waals surface area contributed by atoms with Crippen LogP contribution in [-0.2, 0) is 28.6 Å². The Kier molecular flexibility index (Phi) is 48.6. The highest BCUT2D eigenvalue weighted by atomic mass is 16.6. The van der Waals surface area contributed by atoms with Gasteiger partial charge in [0.2, 0.25) is 0 Å². The quantitative estimate of drug-likeness (QED) is 0.0344. The maximum atomic E-state index is 12.8. The van der Waals surface area contributed by atoms with Crippen molar-refractivity contribution in [3.05, 3.63) is 0 Å². The number of carbonyl (C=O) groups excluding carboxylic acids is 3. The predicted molar refractivity (Wildman–Crippen MR) is 270 cm³/mol. The summed E-state index contributed by atoms with van der Waals surface area (Å²) < 4.78 is 16.8. The van der Waals surface area contributed by atoms with E-state index in [0.717, 1.165) is 69.6 Å². The molecule has 0 fully saturated rings. The van der Waals surface area contributed by atoms with Crippen molar-refractivity contribution in [2.24, 2.45) is 11.8 Å². The SMILES string of the molecule is CCCCCCCCCCCCCCCCC(=O)O[C@@H](COC(=O)CCCCCCCCCCCCCCCCCCCCC(C)C)COC(=O)CCCCCCCCCC(C)C. The van der Waals surface area contributed by atoms with Crippen molar-refractivity contribution in [1.82, 2.24) is 0 Å². The lowest BCUT2D eigenvalue weighted by atomic mass is 10.0. The molecule has 63 heavy (non-hydrogen) atoms. The van der Waals surface area contributed by atoms with Gasteiger partial charge in [-0.05, 0) is 31.1 Å². The van der Waals surface area contributed by atoms with Crippen molar-refractivity contribution >= 4 is 17.9 Å². The molecular formula is C57H110O6. The van der Waals surface area contributed by atoms with E-state index in [9.17, 15) is 14.4 Å². The highest BCUT2D eigenvalue weighted by Crippen LogP contribution is 2.18. The standard InChI is InChI=1S/C57H110O6/c1-6-7-8-9-10-11-12-13-21-25-28-33-39-44-49-57(60)63-54(51-62-56(59)48-43-38-34-29-31-36-41-46-53(4)5)50-61-55(58)47-42-37-32-27-24-22-19-17-15-14-16-18-20-23-26-30-35-40-45-52(2)3/h52-54H,6-51H2,1-5H3/t54-/m0/s1. The van der Waals surface area contributed by atoms with Gasteiger partial charge in [0.25, 0.3) is 0 Å². The van der Waals surface area contributed by atoms with E-state index in [4.69, 9.17) is 14.2 Å². The molecule has 6 nitrogen and oxygen atoms in total. The van der Waals surface area contributed by atoms with Crippen molar-refractivity contribution < 1.29 is 28.6 Å². The Morgan fingerprint density at radius 2 is 0.524 bits per heavy atom. The summed E-state index contributed by atoms with van der Waals surface area (Å²) in [6.45, 7) is 11.4. The minimum absolute atomic E-state index is 0.0634. The first-order chi connectivity index (χ1) is 30.7. The fraction of sp³-hybridized carbons (Fsp3) is 0.947. The number of hydrogen-bond donors (Lipinski definition) is 0. The lowest BCUT2D eigenvalue weighted by Crippen LogP contribution is -2.30. The van der Waals surface area contributed by atoms with Gasteiger partial charge in [0.05, 0.1) is 0 Å². The number of unbranched alkanes of at least 4 members (excludes halogenated alkanes) is 36. The van der Waals surface area contributed by atoms with Gasteiger partial charge in [0.15, 0.2) is 6.10 Å². The number of esters is 3. The molecule has 0 aromatic heterocycles. The van der Waals surface area contributed by atoms with Crippen molar-refractivity contribution in [1.29, 1.82) is 0 Å². The van der Waals surface area contributed by atoms with Crippen LogP contribution in [0, 0.1) is 11.8 Å². The molecule has 0 aromatic carbocycles. The van der Waals surface area contributed by atoms with Crippen molar-refractivity contribution in [3.8, 4) is 0 Å². The molecule has 0 rings (SSSR count). The molecule has 0 bridgehead atoms. The van der Waals surface area contributed by atoms with Crippen LogP contribution in [0.4, 0.5) is 0 Å². The van der Waals surface area contributed by atoms with Crippen LogP contribution in [0.3, 0.4) is 0 Å². The largest absolute Gasteiger partial charge is 0.462 e. The van der Waals surface area contributed by atoms with Gasteiger partial charge >= 0.3 is 17.9 Å². The Labute approximate surface area is 393 Å². The molecule has 6 heteroatoms. The summed E-state index contributed by atoms with van der Waals surface area (Å²) in [5.74, 6) is 0.796. The third-order valence-electron chi connectivity index (χ3n) is 13.0. The molecule has 0 radical (unpaired) electrons. The predicted octanol–water partition coefficient (Wildman–Crippen LogP) is 18.5. The molecule has 0 spiro atoms. The van der Waals surface area contributed by atoms with Gasteiger partial charge < -0.3 is 14.2 Å². The fourth-order valence-electron chi connectivity index (χ4n) is 8.70. The second-order valence-corrected chi connectivity index (χ2v) is 20.5. The van der Waals surface area contributed by atoms with Gasteiger partial charge in [-0.3, -0.25) is 14.4 Å². The number of hydrogen-bond acceptors (Lipinski definition) is 6. The summed E-state index contributed by atoms with van der Waals surface area (Å²) >= 11 is 0. The maximum absolute atomic E-state index is 12.8. The summed E-state index contributed by atoms with van der Waals surface area (Å²) in [5, 5.41) is 0. The van der Waals surface area contributed by atoms with Gasteiger partial charge in [0, 0.05) is 19.3 Å². The topological polar surface area (TPSA) is 78.9 Å². The number of ether oxygens (including phenoxy) is 3. The van der Waals surface area contributed by atoms with Gasteiger partial charge in [-0.15, -0.1) is 0 Å². The lowest BCUT2D eigenvalue weighted by molar-refractivity contribution is -0.167. The Bertz CT molecular complexity index is 962. The molecule has 0 saturated heterocycles. The van der Waals surface area contributed by atoms with E-state index >= 15 is 0 Å². The van der Waals surface area contributed by atoms with Gasteiger partial charge in [0.1, 0.15) is 13.2 Å². The van der Waals surface area contributed by atoms with Crippen LogP contribution in [-0.4, -0.2) is 37.2 Å². The van der Waals surface area contributed by atoms with Crippen LogP contribution in [0.15, 0.2) is 0 Å². The molecule has 1 atom stereocenters. The van der Waals surface area contributed by atoms with Crippen molar-refractivity contribution in [3.63, 3.8) is 0 Å². The summed E-state index contributed by atoms with van der Waals surface area (Å²) in [4.78, 5) is 38.0. The normalized spacial score (nSPS) is 12.0. The number of carbonyl (C=O) groups is 3. The average molecular weight is 892 g/mol. The molecule has 0 saturated carbocycles.